The molecule has 3 N–H and O–H groups in total. The summed E-state index contributed by atoms with van der Waals surface area (Å²) in [6.45, 7) is 2.82. The molecule has 0 aromatic carbocycles. The molecule has 0 radical (unpaired) electrons. The second kappa shape index (κ2) is 5.27. The number of aliphatic hydroxyl groups excluding tert-OH is 1. The number of carboxylic acid groups (broad SMARTS) is 1. The van der Waals surface area contributed by atoms with Gasteiger partial charge in [-0.15, -0.1) is 0 Å². The number of amides is 1. The Labute approximate surface area is 94.2 Å². The third-order valence-electron chi connectivity index (χ3n) is 2.81. The highest BCUT2D eigenvalue weighted by molar-refractivity contribution is 5.85. The summed E-state index contributed by atoms with van der Waals surface area (Å²) < 4.78 is 0. The average molecular weight is 230 g/mol. The molecule has 92 valence electrons. The number of carbonyl (C=O) groups is 2. The summed E-state index contributed by atoms with van der Waals surface area (Å²) in [4.78, 5) is 24.5. The van der Waals surface area contributed by atoms with Gasteiger partial charge in [-0.25, -0.2) is 4.79 Å². The van der Waals surface area contributed by atoms with Crippen molar-refractivity contribution >= 4 is 11.9 Å². The van der Waals surface area contributed by atoms with Crippen LogP contribution in [0.3, 0.4) is 0 Å². The smallest absolute Gasteiger partial charge is 0.328 e. The molecule has 6 nitrogen and oxygen atoms in total. The number of carbonyl (C=O) groups excluding carboxylic acids is 1. The Kier molecular flexibility index (Phi) is 4.26. The normalized spacial score (nSPS) is 25.1. The van der Waals surface area contributed by atoms with Gasteiger partial charge in [0, 0.05) is 6.54 Å². The molecule has 1 rings (SSSR count). The highest BCUT2D eigenvalue weighted by Crippen LogP contribution is 2.14. The molecule has 3 unspecified atom stereocenters. The summed E-state index contributed by atoms with van der Waals surface area (Å²) in [6, 6.07) is -1.22. The predicted molar refractivity (Wildman–Crippen MR) is 56.9 cm³/mol. The van der Waals surface area contributed by atoms with Crippen molar-refractivity contribution in [1.29, 1.82) is 0 Å². The summed E-state index contributed by atoms with van der Waals surface area (Å²) in [5, 5.41) is 20.4. The first-order valence-electron chi connectivity index (χ1n) is 5.31. The first-order valence-corrected chi connectivity index (χ1v) is 5.31. The van der Waals surface area contributed by atoms with Gasteiger partial charge < -0.3 is 20.4 Å². The molecule has 0 aromatic heterocycles. The fourth-order valence-electron chi connectivity index (χ4n) is 1.81. The molecule has 1 aliphatic rings. The van der Waals surface area contributed by atoms with E-state index in [0.717, 1.165) is 13.0 Å². The van der Waals surface area contributed by atoms with Crippen LogP contribution in [0.25, 0.3) is 0 Å². The molecule has 0 aromatic rings. The molecule has 0 saturated carbocycles. The second-order valence-corrected chi connectivity index (χ2v) is 4.31. The lowest BCUT2D eigenvalue weighted by Crippen LogP contribution is -2.49. The van der Waals surface area contributed by atoms with E-state index >= 15 is 0 Å². The summed E-state index contributed by atoms with van der Waals surface area (Å²) in [5.74, 6) is -1.68. The number of hydrogen-bond acceptors (Lipinski definition) is 4. The quantitative estimate of drug-likeness (QED) is 0.569. The lowest BCUT2D eigenvalue weighted by Gasteiger charge is -2.19. The SMILES string of the molecule is CC(O)C(NC(=O)C1CCN(C)C1)C(=O)O. The van der Waals surface area contributed by atoms with Gasteiger partial charge in [0.25, 0.3) is 0 Å². The molecule has 1 aliphatic heterocycles. The Morgan fingerprint density at radius 2 is 2.12 bits per heavy atom. The Morgan fingerprint density at radius 1 is 1.50 bits per heavy atom. The van der Waals surface area contributed by atoms with Gasteiger partial charge in [-0.05, 0) is 26.9 Å². The lowest BCUT2D eigenvalue weighted by molar-refractivity contribution is -0.145. The van der Waals surface area contributed by atoms with E-state index < -0.39 is 18.1 Å². The topological polar surface area (TPSA) is 89.9 Å². The molecule has 6 heteroatoms. The third-order valence-corrected chi connectivity index (χ3v) is 2.81. The summed E-state index contributed by atoms with van der Waals surface area (Å²) in [7, 11) is 1.91. The van der Waals surface area contributed by atoms with Crippen molar-refractivity contribution in [2.24, 2.45) is 5.92 Å². The van der Waals surface area contributed by atoms with E-state index in [9.17, 15) is 14.7 Å². The van der Waals surface area contributed by atoms with Gasteiger partial charge in [-0.3, -0.25) is 4.79 Å². The maximum absolute atomic E-state index is 11.7. The van der Waals surface area contributed by atoms with Gasteiger partial charge in [0.2, 0.25) is 5.91 Å². The molecule has 3 atom stereocenters. The van der Waals surface area contributed by atoms with Gasteiger partial charge >= 0.3 is 5.97 Å². The van der Waals surface area contributed by atoms with Gasteiger partial charge in [0.1, 0.15) is 0 Å². The van der Waals surface area contributed by atoms with E-state index in [1.54, 1.807) is 0 Å². The van der Waals surface area contributed by atoms with Crippen LogP contribution in [0.1, 0.15) is 13.3 Å². The number of aliphatic carboxylic acids is 1. The number of likely N-dealkylation sites (tertiary alicyclic amines) is 1. The summed E-state index contributed by atoms with van der Waals surface area (Å²) >= 11 is 0. The van der Waals surface area contributed by atoms with Crippen LogP contribution in [-0.2, 0) is 9.59 Å². The van der Waals surface area contributed by atoms with Crippen LogP contribution in [0.2, 0.25) is 0 Å². The van der Waals surface area contributed by atoms with E-state index in [0.29, 0.717) is 6.54 Å². The van der Waals surface area contributed by atoms with Crippen molar-refractivity contribution in [2.45, 2.75) is 25.5 Å². The van der Waals surface area contributed by atoms with Gasteiger partial charge in [-0.2, -0.15) is 0 Å². The molecule has 1 saturated heterocycles. The zero-order valence-electron chi connectivity index (χ0n) is 9.51. The van der Waals surface area contributed by atoms with E-state index in [2.05, 4.69) is 5.32 Å². The molecule has 1 amide bonds. The number of nitrogens with one attached hydrogen (secondary N) is 1. The first-order chi connectivity index (χ1) is 7.41. The minimum Gasteiger partial charge on any atom is -0.480 e. The number of nitrogens with zero attached hydrogens (tertiary/aromatic N) is 1. The standard InChI is InChI=1S/C10H18N2O4/c1-6(13)8(10(15)16)11-9(14)7-3-4-12(2)5-7/h6-8,13H,3-5H2,1-2H3,(H,11,14)(H,15,16). The Hall–Kier alpha value is -1.14. The minimum atomic E-state index is -1.22. The molecular weight excluding hydrogens is 212 g/mol. The Bertz CT molecular complexity index is 280. The van der Waals surface area contributed by atoms with Crippen LogP contribution in [0.5, 0.6) is 0 Å². The molecule has 1 heterocycles. The number of rotatable bonds is 4. The number of hydrogen-bond donors (Lipinski definition) is 3. The van der Waals surface area contributed by atoms with Crippen LogP contribution in [0.4, 0.5) is 0 Å². The number of carboxylic acids is 1. The van der Waals surface area contributed by atoms with Crippen LogP contribution < -0.4 is 5.32 Å². The molecule has 0 aliphatic carbocycles. The maximum Gasteiger partial charge on any atom is 0.328 e. The number of aliphatic hydroxyl groups is 1. The molecule has 16 heavy (non-hydrogen) atoms. The summed E-state index contributed by atoms with van der Waals surface area (Å²) in [6.07, 6.45) is -0.366. The molecule has 0 bridgehead atoms. The molecule has 1 fully saturated rings. The van der Waals surface area contributed by atoms with Crippen molar-refractivity contribution in [1.82, 2.24) is 10.2 Å². The largest absolute Gasteiger partial charge is 0.480 e. The first kappa shape index (κ1) is 12.9. The minimum absolute atomic E-state index is 0.175. The third kappa shape index (κ3) is 3.18. The van der Waals surface area contributed by atoms with Crippen LogP contribution in [-0.4, -0.2) is 59.3 Å². The van der Waals surface area contributed by atoms with Crippen molar-refractivity contribution in [3.8, 4) is 0 Å². The molecular formula is C10H18N2O4. The van der Waals surface area contributed by atoms with Gasteiger partial charge in [0.15, 0.2) is 6.04 Å². The van der Waals surface area contributed by atoms with E-state index in [1.165, 1.54) is 6.92 Å². The van der Waals surface area contributed by atoms with Crippen LogP contribution in [0.15, 0.2) is 0 Å². The van der Waals surface area contributed by atoms with E-state index in [-0.39, 0.29) is 11.8 Å². The highest BCUT2D eigenvalue weighted by atomic mass is 16.4. The Morgan fingerprint density at radius 3 is 2.50 bits per heavy atom. The fourth-order valence-corrected chi connectivity index (χ4v) is 1.81. The van der Waals surface area contributed by atoms with Crippen LogP contribution >= 0.6 is 0 Å². The fraction of sp³-hybridized carbons (Fsp3) is 0.800. The van der Waals surface area contributed by atoms with Crippen molar-refractivity contribution in [2.75, 3.05) is 20.1 Å². The second-order valence-electron chi connectivity index (χ2n) is 4.31. The van der Waals surface area contributed by atoms with E-state index in [1.807, 2.05) is 11.9 Å². The van der Waals surface area contributed by atoms with Gasteiger partial charge in [-0.1, -0.05) is 0 Å². The maximum atomic E-state index is 11.7. The zero-order valence-corrected chi connectivity index (χ0v) is 9.51. The monoisotopic (exact) mass is 230 g/mol. The Balaban J connectivity index is 2.52. The molecule has 0 spiro atoms. The van der Waals surface area contributed by atoms with Crippen molar-refractivity contribution in [3.05, 3.63) is 0 Å². The highest BCUT2D eigenvalue weighted by Gasteiger charge is 2.31. The lowest BCUT2D eigenvalue weighted by atomic mass is 10.1. The van der Waals surface area contributed by atoms with Crippen molar-refractivity contribution in [3.63, 3.8) is 0 Å². The zero-order chi connectivity index (χ0) is 12.3. The predicted octanol–water partition coefficient (Wildman–Crippen LogP) is -1.11. The van der Waals surface area contributed by atoms with Gasteiger partial charge in [0.05, 0.1) is 12.0 Å². The van der Waals surface area contributed by atoms with Crippen LogP contribution in [0, 0.1) is 5.92 Å². The van der Waals surface area contributed by atoms with E-state index in [4.69, 9.17) is 5.11 Å². The van der Waals surface area contributed by atoms with Crippen molar-refractivity contribution < 1.29 is 19.8 Å². The summed E-state index contributed by atoms with van der Waals surface area (Å²) in [5.41, 5.74) is 0. The average Bonchev–Trinajstić information content (AvgIpc) is 2.59.